The maximum atomic E-state index is 12.5. The number of carbonyl (C=O) groups excluding carboxylic acids is 1. The van der Waals surface area contributed by atoms with Crippen LogP contribution in [-0.4, -0.2) is 37.3 Å². The SMILES string of the molecule is COC(=O)C1CCCC2=C1N1CC=NC=C1c1cccc3c1N2CC3. The summed E-state index contributed by atoms with van der Waals surface area (Å²) in [5.41, 5.74) is 7.45. The Labute approximate surface area is 147 Å². The zero-order chi connectivity index (χ0) is 17.0. The molecule has 0 amide bonds. The van der Waals surface area contributed by atoms with Crippen molar-refractivity contribution in [3.8, 4) is 0 Å². The summed E-state index contributed by atoms with van der Waals surface area (Å²) in [7, 11) is 1.49. The third kappa shape index (κ3) is 2.01. The maximum Gasteiger partial charge on any atom is 0.314 e. The Morgan fingerprint density at radius 3 is 3.08 bits per heavy atom. The highest BCUT2D eigenvalue weighted by molar-refractivity contribution is 5.88. The summed E-state index contributed by atoms with van der Waals surface area (Å²) < 4.78 is 5.15. The van der Waals surface area contributed by atoms with Gasteiger partial charge in [0.25, 0.3) is 0 Å². The summed E-state index contributed by atoms with van der Waals surface area (Å²) in [6, 6.07) is 6.54. The van der Waals surface area contributed by atoms with E-state index in [0.29, 0.717) is 6.54 Å². The van der Waals surface area contributed by atoms with Crippen LogP contribution in [0, 0.1) is 5.92 Å². The molecule has 3 heterocycles. The average molecular weight is 335 g/mol. The molecule has 5 heteroatoms. The summed E-state index contributed by atoms with van der Waals surface area (Å²) in [5.74, 6) is -0.318. The Morgan fingerprint density at radius 2 is 2.20 bits per heavy atom. The molecule has 0 aromatic heterocycles. The molecule has 0 spiro atoms. The van der Waals surface area contributed by atoms with Crippen LogP contribution in [0.15, 0.2) is 40.8 Å². The second-order valence-corrected chi connectivity index (χ2v) is 6.97. The molecule has 0 radical (unpaired) electrons. The Bertz CT molecular complexity index is 852. The number of aliphatic imine (C=N–C) groups is 1. The van der Waals surface area contributed by atoms with Crippen molar-refractivity contribution in [2.75, 3.05) is 25.1 Å². The maximum absolute atomic E-state index is 12.5. The number of nitrogens with zero attached hydrogens (tertiary/aromatic N) is 3. The third-order valence-corrected chi connectivity index (χ3v) is 5.76. The fraction of sp³-hybridized carbons (Fsp3) is 0.400. The number of hydrogen-bond donors (Lipinski definition) is 0. The molecule has 4 aliphatic rings. The molecule has 5 rings (SSSR count). The molecule has 0 N–H and O–H groups in total. The number of rotatable bonds is 1. The summed E-state index contributed by atoms with van der Waals surface area (Å²) in [4.78, 5) is 21.7. The van der Waals surface area contributed by atoms with Crippen molar-refractivity contribution < 1.29 is 9.53 Å². The molecule has 1 unspecified atom stereocenters. The van der Waals surface area contributed by atoms with Gasteiger partial charge in [-0.25, -0.2) is 0 Å². The standard InChI is InChI=1S/C20H21N3O2/c1-25-20(24)15-6-3-7-16-19(15)23-11-9-21-12-17(23)14-5-2-4-13-8-10-22(16)18(13)14/h2,4-5,9,12,15H,3,6-8,10-11H2,1H3. The molecule has 0 fully saturated rings. The van der Waals surface area contributed by atoms with Crippen molar-refractivity contribution in [2.45, 2.75) is 25.7 Å². The number of carbonyl (C=O) groups is 1. The number of allylic oxidation sites excluding steroid dienone is 1. The number of methoxy groups -OCH3 is 1. The molecule has 5 nitrogen and oxygen atoms in total. The first-order valence-electron chi connectivity index (χ1n) is 8.99. The van der Waals surface area contributed by atoms with Gasteiger partial charge in [0, 0.05) is 24.0 Å². The summed E-state index contributed by atoms with van der Waals surface area (Å²) in [6.45, 7) is 1.69. The molecular formula is C20H21N3O2. The molecule has 128 valence electrons. The lowest BCUT2D eigenvalue weighted by Crippen LogP contribution is -2.37. The van der Waals surface area contributed by atoms with Gasteiger partial charge in [0.1, 0.15) is 0 Å². The zero-order valence-corrected chi connectivity index (χ0v) is 14.4. The van der Waals surface area contributed by atoms with E-state index in [0.717, 1.165) is 43.6 Å². The van der Waals surface area contributed by atoms with Crippen LogP contribution < -0.4 is 4.90 Å². The molecular weight excluding hydrogens is 314 g/mol. The van der Waals surface area contributed by atoms with Crippen LogP contribution in [0.3, 0.4) is 0 Å². The van der Waals surface area contributed by atoms with Gasteiger partial charge in [-0.15, -0.1) is 0 Å². The minimum Gasteiger partial charge on any atom is -0.469 e. The number of fused-ring (bicyclic) bond motifs is 4. The van der Waals surface area contributed by atoms with Crippen LogP contribution >= 0.6 is 0 Å². The largest absolute Gasteiger partial charge is 0.469 e. The number of para-hydroxylation sites is 1. The highest BCUT2D eigenvalue weighted by Crippen LogP contribution is 2.48. The molecule has 3 aliphatic heterocycles. The number of benzene rings is 1. The summed E-state index contributed by atoms with van der Waals surface area (Å²) >= 11 is 0. The predicted octanol–water partition coefficient (Wildman–Crippen LogP) is 2.93. The van der Waals surface area contributed by atoms with Crippen molar-refractivity contribution in [2.24, 2.45) is 10.9 Å². The lowest BCUT2D eigenvalue weighted by Gasteiger charge is -2.37. The Balaban J connectivity index is 1.77. The van der Waals surface area contributed by atoms with Gasteiger partial charge in [0.15, 0.2) is 0 Å². The number of esters is 1. The predicted molar refractivity (Wildman–Crippen MR) is 97.1 cm³/mol. The van der Waals surface area contributed by atoms with Gasteiger partial charge in [0.2, 0.25) is 0 Å². The van der Waals surface area contributed by atoms with Crippen molar-refractivity contribution >= 4 is 23.6 Å². The van der Waals surface area contributed by atoms with E-state index in [1.165, 1.54) is 29.6 Å². The van der Waals surface area contributed by atoms with Gasteiger partial charge in [-0.05, 0) is 31.2 Å². The quantitative estimate of drug-likeness (QED) is 0.740. The molecule has 1 aliphatic carbocycles. The fourth-order valence-electron chi connectivity index (χ4n) is 4.72. The fourth-order valence-corrected chi connectivity index (χ4v) is 4.72. The first-order chi connectivity index (χ1) is 12.3. The highest BCUT2D eigenvalue weighted by atomic mass is 16.5. The van der Waals surface area contributed by atoms with Crippen LogP contribution in [0.2, 0.25) is 0 Å². The topological polar surface area (TPSA) is 45.1 Å². The van der Waals surface area contributed by atoms with Gasteiger partial charge in [-0.3, -0.25) is 9.79 Å². The zero-order valence-electron chi connectivity index (χ0n) is 14.4. The third-order valence-electron chi connectivity index (χ3n) is 5.76. The van der Waals surface area contributed by atoms with Crippen LogP contribution in [0.4, 0.5) is 5.69 Å². The normalized spacial score (nSPS) is 23.6. The van der Waals surface area contributed by atoms with Crippen LogP contribution in [0.1, 0.15) is 30.4 Å². The lowest BCUT2D eigenvalue weighted by atomic mass is 9.88. The summed E-state index contributed by atoms with van der Waals surface area (Å²) in [5, 5.41) is 0. The Hall–Kier alpha value is -2.56. The summed E-state index contributed by atoms with van der Waals surface area (Å²) in [6.07, 6.45) is 7.80. The van der Waals surface area contributed by atoms with Crippen LogP contribution in [-0.2, 0) is 16.0 Å². The van der Waals surface area contributed by atoms with Crippen molar-refractivity contribution in [1.82, 2.24) is 4.90 Å². The average Bonchev–Trinajstić information content (AvgIpc) is 3.05. The number of hydrogen-bond acceptors (Lipinski definition) is 5. The first kappa shape index (κ1) is 14.8. The van der Waals surface area contributed by atoms with E-state index in [2.05, 4.69) is 33.0 Å². The second-order valence-electron chi connectivity index (χ2n) is 6.97. The van der Waals surface area contributed by atoms with Crippen molar-refractivity contribution in [1.29, 1.82) is 0 Å². The van der Waals surface area contributed by atoms with Gasteiger partial charge >= 0.3 is 5.97 Å². The van der Waals surface area contributed by atoms with E-state index < -0.39 is 0 Å². The van der Waals surface area contributed by atoms with E-state index in [-0.39, 0.29) is 11.9 Å². The van der Waals surface area contributed by atoms with E-state index >= 15 is 0 Å². The van der Waals surface area contributed by atoms with Gasteiger partial charge in [-0.2, -0.15) is 0 Å². The van der Waals surface area contributed by atoms with Gasteiger partial charge in [0.05, 0.1) is 42.9 Å². The number of anilines is 1. The minimum atomic E-state index is -0.193. The molecule has 0 saturated carbocycles. The first-order valence-corrected chi connectivity index (χ1v) is 8.99. The Morgan fingerprint density at radius 1 is 1.28 bits per heavy atom. The van der Waals surface area contributed by atoms with E-state index in [1.807, 2.05) is 12.4 Å². The van der Waals surface area contributed by atoms with Gasteiger partial charge in [-0.1, -0.05) is 18.2 Å². The monoisotopic (exact) mass is 335 g/mol. The van der Waals surface area contributed by atoms with E-state index in [1.54, 1.807) is 0 Å². The van der Waals surface area contributed by atoms with Crippen LogP contribution in [0.5, 0.6) is 0 Å². The van der Waals surface area contributed by atoms with Crippen molar-refractivity contribution in [3.05, 3.63) is 46.9 Å². The molecule has 25 heavy (non-hydrogen) atoms. The van der Waals surface area contributed by atoms with E-state index in [9.17, 15) is 4.79 Å². The molecule has 1 atom stereocenters. The smallest absolute Gasteiger partial charge is 0.314 e. The minimum absolute atomic E-state index is 0.126. The molecule has 1 aromatic rings. The number of ether oxygens (including phenoxy) is 1. The van der Waals surface area contributed by atoms with Crippen molar-refractivity contribution in [3.63, 3.8) is 0 Å². The van der Waals surface area contributed by atoms with Gasteiger partial charge < -0.3 is 14.5 Å². The molecule has 1 aromatic carbocycles. The van der Waals surface area contributed by atoms with E-state index in [4.69, 9.17) is 4.74 Å². The Kier molecular flexibility index (Phi) is 3.23. The van der Waals surface area contributed by atoms with Crippen LogP contribution in [0.25, 0.3) is 5.70 Å². The molecule has 0 saturated heterocycles. The lowest BCUT2D eigenvalue weighted by molar-refractivity contribution is -0.145. The molecule has 0 bridgehead atoms. The highest BCUT2D eigenvalue weighted by Gasteiger charge is 2.41. The second kappa shape index (κ2) is 5.48.